The summed E-state index contributed by atoms with van der Waals surface area (Å²) < 4.78 is 31.4. The number of aromatic nitrogens is 3. The number of nitrogens with zero attached hydrogens (tertiary/aromatic N) is 4. The maximum atomic E-state index is 11.7. The van der Waals surface area contributed by atoms with Crippen molar-refractivity contribution in [1.82, 2.24) is 20.3 Å². The fourth-order valence-corrected chi connectivity index (χ4v) is 4.36. The van der Waals surface area contributed by atoms with Gasteiger partial charge in [0, 0.05) is 25.7 Å². The van der Waals surface area contributed by atoms with E-state index in [0.717, 1.165) is 31.7 Å². The van der Waals surface area contributed by atoms with Gasteiger partial charge in [-0.15, -0.1) is 0 Å². The number of hydrogen-bond acceptors (Lipinski definition) is 10. The lowest BCUT2D eigenvalue weighted by Gasteiger charge is -2.33. The first kappa shape index (κ1) is 24.8. The van der Waals surface area contributed by atoms with Gasteiger partial charge in [-0.2, -0.15) is 9.97 Å². The Morgan fingerprint density at radius 2 is 1.89 bits per heavy atom. The summed E-state index contributed by atoms with van der Waals surface area (Å²) >= 11 is 6.31. The number of rotatable bonds is 8. The molecule has 35 heavy (non-hydrogen) atoms. The lowest BCUT2D eigenvalue weighted by molar-refractivity contribution is 0.398. The second-order valence-corrected chi connectivity index (χ2v) is 10.2. The summed E-state index contributed by atoms with van der Waals surface area (Å²) in [6.07, 6.45) is 2.53. The molecule has 0 saturated carbocycles. The first-order chi connectivity index (χ1) is 16.7. The van der Waals surface area contributed by atoms with Gasteiger partial charge < -0.3 is 25.6 Å². The Balaban J connectivity index is 1.56. The van der Waals surface area contributed by atoms with Crippen LogP contribution in [-0.4, -0.2) is 62.4 Å². The van der Waals surface area contributed by atoms with Crippen molar-refractivity contribution >= 4 is 56.3 Å². The molecule has 4 N–H and O–H groups in total. The second kappa shape index (κ2) is 10.5. The number of anilines is 6. The van der Waals surface area contributed by atoms with Crippen molar-refractivity contribution in [3.05, 3.63) is 47.6 Å². The van der Waals surface area contributed by atoms with Gasteiger partial charge in [-0.25, -0.2) is 13.4 Å². The van der Waals surface area contributed by atoms with Gasteiger partial charge in [0.1, 0.15) is 16.5 Å². The molecule has 2 aromatic heterocycles. The Morgan fingerprint density at radius 1 is 1.11 bits per heavy atom. The minimum atomic E-state index is -3.47. The zero-order valence-corrected chi connectivity index (χ0v) is 21.1. The Hall–Kier alpha value is -3.35. The standard InChI is InChI=1S/C22H27ClN8O3S/c1-14-13-31(11-10-24-14)19-9-8-18(21(28-19)34-2)27-22-25-12-15(23)20(29-22)26-16-6-4-5-7-17(16)30-35(3,32)33/h4-9,12,14,24,30H,10-11,13H2,1-3H3,(H2,25,26,27,29). The lowest BCUT2D eigenvalue weighted by atomic mass is 10.2. The van der Waals surface area contributed by atoms with Crippen molar-refractivity contribution in [3.8, 4) is 5.88 Å². The third-order valence-electron chi connectivity index (χ3n) is 5.20. The molecule has 0 radical (unpaired) electrons. The van der Waals surface area contributed by atoms with E-state index < -0.39 is 10.0 Å². The molecular formula is C22H27ClN8O3S. The van der Waals surface area contributed by atoms with Gasteiger partial charge in [0.2, 0.25) is 21.9 Å². The Bertz CT molecular complexity index is 1310. The molecule has 1 aliphatic rings. The molecule has 3 heterocycles. The topological polar surface area (TPSA) is 133 Å². The predicted molar refractivity (Wildman–Crippen MR) is 139 cm³/mol. The van der Waals surface area contributed by atoms with Crippen LogP contribution >= 0.6 is 11.6 Å². The van der Waals surface area contributed by atoms with Crippen LogP contribution in [0.4, 0.5) is 34.6 Å². The van der Waals surface area contributed by atoms with Crippen LogP contribution < -0.4 is 30.3 Å². The summed E-state index contributed by atoms with van der Waals surface area (Å²) in [5, 5.41) is 9.86. The van der Waals surface area contributed by atoms with E-state index in [1.54, 1.807) is 31.4 Å². The molecule has 1 aliphatic heterocycles. The molecule has 11 nitrogen and oxygen atoms in total. The Morgan fingerprint density at radius 3 is 2.60 bits per heavy atom. The van der Waals surface area contributed by atoms with Gasteiger partial charge >= 0.3 is 0 Å². The van der Waals surface area contributed by atoms with Gasteiger partial charge in [0.25, 0.3) is 0 Å². The molecule has 0 aliphatic carbocycles. The molecule has 1 fully saturated rings. The molecule has 1 saturated heterocycles. The second-order valence-electron chi connectivity index (χ2n) is 8.09. The minimum absolute atomic E-state index is 0.258. The van der Waals surface area contributed by atoms with Gasteiger partial charge in [-0.1, -0.05) is 23.7 Å². The minimum Gasteiger partial charge on any atom is -0.479 e. The van der Waals surface area contributed by atoms with Crippen LogP contribution in [0.5, 0.6) is 5.88 Å². The molecule has 1 aromatic carbocycles. The average Bonchev–Trinajstić information content (AvgIpc) is 2.82. The van der Waals surface area contributed by atoms with Gasteiger partial charge in [0.05, 0.1) is 30.9 Å². The first-order valence-corrected chi connectivity index (χ1v) is 13.2. The molecule has 13 heteroatoms. The maximum Gasteiger partial charge on any atom is 0.239 e. The number of nitrogens with one attached hydrogen (secondary N) is 4. The lowest BCUT2D eigenvalue weighted by Crippen LogP contribution is -2.49. The quantitative estimate of drug-likeness (QED) is 0.352. The zero-order chi connectivity index (χ0) is 25.0. The summed E-state index contributed by atoms with van der Waals surface area (Å²) in [5.74, 6) is 1.79. The van der Waals surface area contributed by atoms with Crippen molar-refractivity contribution in [2.24, 2.45) is 0 Å². The van der Waals surface area contributed by atoms with Crippen molar-refractivity contribution in [1.29, 1.82) is 0 Å². The van der Waals surface area contributed by atoms with E-state index in [9.17, 15) is 8.42 Å². The van der Waals surface area contributed by atoms with Crippen LogP contribution in [0.15, 0.2) is 42.6 Å². The number of pyridine rings is 1. The zero-order valence-electron chi connectivity index (χ0n) is 19.5. The van der Waals surface area contributed by atoms with Crippen LogP contribution in [-0.2, 0) is 10.0 Å². The average molecular weight is 519 g/mol. The largest absolute Gasteiger partial charge is 0.479 e. The Kier molecular flexibility index (Phi) is 7.43. The molecular weight excluding hydrogens is 492 g/mol. The van der Waals surface area contributed by atoms with Crippen molar-refractivity contribution in [2.45, 2.75) is 13.0 Å². The van der Waals surface area contributed by atoms with Crippen LogP contribution in [0.25, 0.3) is 0 Å². The number of para-hydroxylation sites is 2. The van der Waals surface area contributed by atoms with Crippen molar-refractivity contribution in [3.63, 3.8) is 0 Å². The number of piperazine rings is 1. The van der Waals surface area contributed by atoms with E-state index >= 15 is 0 Å². The summed E-state index contributed by atoms with van der Waals surface area (Å²) in [4.78, 5) is 15.6. The molecule has 1 unspecified atom stereocenters. The summed E-state index contributed by atoms with van der Waals surface area (Å²) in [5.41, 5.74) is 1.44. The van der Waals surface area contributed by atoms with E-state index in [0.29, 0.717) is 34.8 Å². The predicted octanol–water partition coefficient (Wildman–Crippen LogP) is 3.19. The number of sulfonamides is 1. The normalized spacial score (nSPS) is 16.0. The fourth-order valence-electron chi connectivity index (χ4n) is 3.64. The van der Waals surface area contributed by atoms with E-state index in [4.69, 9.17) is 16.3 Å². The number of methoxy groups -OCH3 is 1. The summed E-state index contributed by atoms with van der Waals surface area (Å²) in [7, 11) is -1.91. The van der Waals surface area contributed by atoms with Crippen LogP contribution in [0, 0.1) is 0 Å². The Labute approximate surface area is 209 Å². The van der Waals surface area contributed by atoms with E-state index in [1.165, 1.54) is 6.20 Å². The van der Waals surface area contributed by atoms with Gasteiger partial charge in [0.15, 0.2) is 5.82 Å². The van der Waals surface area contributed by atoms with Crippen LogP contribution in [0.2, 0.25) is 5.02 Å². The molecule has 3 aromatic rings. The van der Waals surface area contributed by atoms with Crippen LogP contribution in [0.3, 0.4) is 0 Å². The maximum absolute atomic E-state index is 11.7. The molecule has 0 spiro atoms. The molecule has 0 amide bonds. The highest BCUT2D eigenvalue weighted by Crippen LogP contribution is 2.31. The van der Waals surface area contributed by atoms with Crippen LogP contribution in [0.1, 0.15) is 6.92 Å². The van der Waals surface area contributed by atoms with Gasteiger partial charge in [-0.05, 0) is 31.2 Å². The van der Waals surface area contributed by atoms with Gasteiger partial charge in [-0.3, -0.25) is 4.72 Å². The van der Waals surface area contributed by atoms with E-state index in [1.807, 2.05) is 12.1 Å². The summed E-state index contributed by atoms with van der Waals surface area (Å²) in [6.45, 7) is 4.74. The number of ether oxygens (including phenoxy) is 1. The third-order valence-corrected chi connectivity index (χ3v) is 6.07. The van der Waals surface area contributed by atoms with Crippen molar-refractivity contribution < 1.29 is 13.2 Å². The highest BCUT2D eigenvalue weighted by atomic mass is 35.5. The third kappa shape index (κ3) is 6.41. The summed E-state index contributed by atoms with van der Waals surface area (Å²) in [6, 6.07) is 11.0. The highest BCUT2D eigenvalue weighted by Gasteiger charge is 2.19. The molecule has 4 rings (SSSR count). The number of benzene rings is 1. The van der Waals surface area contributed by atoms with E-state index in [2.05, 4.69) is 47.4 Å². The first-order valence-electron chi connectivity index (χ1n) is 10.9. The number of halogens is 1. The number of hydrogen-bond donors (Lipinski definition) is 4. The monoisotopic (exact) mass is 518 g/mol. The highest BCUT2D eigenvalue weighted by molar-refractivity contribution is 7.92. The molecule has 1 atom stereocenters. The van der Waals surface area contributed by atoms with E-state index in [-0.39, 0.29) is 11.0 Å². The molecule has 186 valence electrons. The van der Waals surface area contributed by atoms with Crippen molar-refractivity contribution in [2.75, 3.05) is 53.3 Å². The smallest absolute Gasteiger partial charge is 0.239 e. The molecule has 0 bridgehead atoms. The fraction of sp³-hybridized carbons (Fsp3) is 0.318. The SMILES string of the molecule is COc1nc(N2CCNC(C)C2)ccc1Nc1ncc(Cl)c(Nc2ccccc2NS(C)(=O)=O)n1.